The minimum absolute atomic E-state index is 0.112. The van der Waals surface area contributed by atoms with Crippen molar-refractivity contribution in [2.24, 2.45) is 0 Å². The first-order chi connectivity index (χ1) is 9.20. The lowest BCUT2D eigenvalue weighted by Crippen LogP contribution is -2.33. The SMILES string of the molecule is CCC(=O)COCCCCCCCCNC(=O)NC. The Morgan fingerprint density at radius 2 is 1.63 bits per heavy atom. The Kier molecular flexibility index (Phi) is 12.6. The van der Waals surface area contributed by atoms with Gasteiger partial charge in [-0.2, -0.15) is 0 Å². The van der Waals surface area contributed by atoms with Gasteiger partial charge in [0.1, 0.15) is 6.61 Å². The largest absolute Gasteiger partial charge is 0.374 e. The molecule has 0 heterocycles. The van der Waals surface area contributed by atoms with Crippen molar-refractivity contribution in [3.8, 4) is 0 Å². The van der Waals surface area contributed by atoms with Crippen LogP contribution < -0.4 is 10.6 Å². The molecule has 112 valence electrons. The molecular formula is C14H28N2O3. The molecule has 0 rings (SSSR count). The maximum Gasteiger partial charge on any atom is 0.314 e. The highest BCUT2D eigenvalue weighted by molar-refractivity contribution is 5.79. The van der Waals surface area contributed by atoms with Gasteiger partial charge in [0, 0.05) is 26.6 Å². The van der Waals surface area contributed by atoms with Gasteiger partial charge in [0.05, 0.1) is 0 Å². The van der Waals surface area contributed by atoms with Gasteiger partial charge >= 0.3 is 6.03 Å². The van der Waals surface area contributed by atoms with Gasteiger partial charge in [0.2, 0.25) is 0 Å². The van der Waals surface area contributed by atoms with Crippen LogP contribution in [-0.2, 0) is 9.53 Å². The predicted molar refractivity (Wildman–Crippen MR) is 76.3 cm³/mol. The highest BCUT2D eigenvalue weighted by Crippen LogP contribution is 2.05. The molecule has 0 radical (unpaired) electrons. The van der Waals surface area contributed by atoms with Crippen molar-refractivity contribution in [2.75, 3.05) is 26.8 Å². The second-order valence-corrected chi connectivity index (χ2v) is 4.57. The van der Waals surface area contributed by atoms with Crippen molar-refractivity contribution < 1.29 is 14.3 Å². The molecule has 19 heavy (non-hydrogen) atoms. The van der Waals surface area contributed by atoms with Crippen molar-refractivity contribution in [1.82, 2.24) is 10.6 Å². The van der Waals surface area contributed by atoms with Crippen molar-refractivity contribution >= 4 is 11.8 Å². The van der Waals surface area contributed by atoms with Crippen LogP contribution in [0.15, 0.2) is 0 Å². The molecule has 0 aromatic rings. The number of urea groups is 1. The molecule has 0 fully saturated rings. The first-order valence-electron chi connectivity index (χ1n) is 7.25. The third-order valence-electron chi connectivity index (χ3n) is 2.89. The number of hydrogen-bond donors (Lipinski definition) is 2. The Morgan fingerprint density at radius 1 is 1.00 bits per heavy atom. The van der Waals surface area contributed by atoms with Crippen molar-refractivity contribution in [1.29, 1.82) is 0 Å². The van der Waals surface area contributed by atoms with Gasteiger partial charge in [0.15, 0.2) is 5.78 Å². The molecule has 5 heteroatoms. The van der Waals surface area contributed by atoms with Crippen LogP contribution in [0.3, 0.4) is 0 Å². The summed E-state index contributed by atoms with van der Waals surface area (Å²) in [5.41, 5.74) is 0. The standard InChI is InChI=1S/C14H28N2O3/c1-3-13(17)12-19-11-9-7-5-4-6-8-10-16-14(18)15-2/h3-12H2,1-2H3,(H2,15,16,18). The van der Waals surface area contributed by atoms with Crippen molar-refractivity contribution in [3.63, 3.8) is 0 Å². The molecule has 0 saturated heterocycles. The summed E-state index contributed by atoms with van der Waals surface area (Å²) in [6.07, 6.45) is 7.25. The number of ketones is 1. The Labute approximate surface area is 116 Å². The zero-order chi connectivity index (χ0) is 14.3. The second-order valence-electron chi connectivity index (χ2n) is 4.57. The number of carbonyl (C=O) groups excluding carboxylic acids is 2. The second kappa shape index (κ2) is 13.3. The van der Waals surface area contributed by atoms with Gasteiger partial charge in [-0.05, 0) is 12.8 Å². The number of hydrogen-bond acceptors (Lipinski definition) is 3. The summed E-state index contributed by atoms with van der Waals surface area (Å²) in [6.45, 7) is 3.54. The third-order valence-corrected chi connectivity index (χ3v) is 2.89. The number of amides is 2. The van der Waals surface area contributed by atoms with E-state index >= 15 is 0 Å². The maximum atomic E-state index is 11.0. The third kappa shape index (κ3) is 13.1. The Balaban J connectivity index is 3.07. The number of rotatable bonds is 12. The highest BCUT2D eigenvalue weighted by atomic mass is 16.5. The maximum absolute atomic E-state index is 11.0. The van der Waals surface area contributed by atoms with Gasteiger partial charge in [0.25, 0.3) is 0 Å². The van der Waals surface area contributed by atoms with E-state index in [-0.39, 0.29) is 18.4 Å². The minimum Gasteiger partial charge on any atom is -0.374 e. The van der Waals surface area contributed by atoms with Gasteiger partial charge < -0.3 is 15.4 Å². The van der Waals surface area contributed by atoms with E-state index in [1.807, 2.05) is 6.92 Å². The summed E-state index contributed by atoms with van der Waals surface area (Å²) in [5.74, 6) is 0.170. The van der Waals surface area contributed by atoms with E-state index < -0.39 is 0 Å². The van der Waals surface area contributed by atoms with Gasteiger partial charge in [-0.1, -0.05) is 32.6 Å². The molecule has 0 aromatic heterocycles. The van der Waals surface area contributed by atoms with Gasteiger partial charge in [-0.15, -0.1) is 0 Å². The molecule has 0 aromatic carbocycles. The van der Waals surface area contributed by atoms with E-state index in [9.17, 15) is 9.59 Å². The Morgan fingerprint density at radius 3 is 2.26 bits per heavy atom. The lowest BCUT2D eigenvalue weighted by atomic mass is 10.1. The first-order valence-corrected chi connectivity index (χ1v) is 7.25. The molecule has 0 aliphatic heterocycles. The molecular weight excluding hydrogens is 244 g/mol. The Bertz CT molecular complexity index is 221. The lowest BCUT2D eigenvalue weighted by molar-refractivity contribution is -0.123. The van der Waals surface area contributed by atoms with E-state index in [0.29, 0.717) is 13.0 Å². The molecule has 2 N–H and O–H groups in total. The topological polar surface area (TPSA) is 67.4 Å². The predicted octanol–water partition coefficient (Wildman–Crippen LogP) is 2.25. The number of Topliss-reactive ketones (excluding diaryl/α,β-unsaturated/α-hetero) is 1. The molecule has 0 aliphatic carbocycles. The minimum atomic E-state index is -0.112. The van der Waals surface area contributed by atoms with E-state index in [1.54, 1.807) is 7.05 Å². The average molecular weight is 272 g/mol. The van der Waals surface area contributed by atoms with Crippen LogP contribution in [0.5, 0.6) is 0 Å². The molecule has 0 unspecified atom stereocenters. The van der Waals surface area contributed by atoms with Crippen molar-refractivity contribution in [3.05, 3.63) is 0 Å². The molecule has 0 bridgehead atoms. The quantitative estimate of drug-likeness (QED) is 0.535. The van der Waals surface area contributed by atoms with Crippen LogP contribution in [0.2, 0.25) is 0 Å². The summed E-state index contributed by atoms with van der Waals surface area (Å²) < 4.78 is 5.27. The molecule has 0 spiro atoms. The molecule has 2 amide bonds. The van der Waals surface area contributed by atoms with Gasteiger partial charge in [-0.3, -0.25) is 4.79 Å². The zero-order valence-corrected chi connectivity index (χ0v) is 12.3. The normalized spacial score (nSPS) is 10.2. The van der Waals surface area contributed by atoms with Gasteiger partial charge in [-0.25, -0.2) is 4.79 Å². The smallest absolute Gasteiger partial charge is 0.314 e. The fourth-order valence-electron chi connectivity index (χ4n) is 1.61. The monoisotopic (exact) mass is 272 g/mol. The molecule has 0 aliphatic rings. The number of unbranched alkanes of at least 4 members (excludes halogenated alkanes) is 5. The number of carbonyl (C=O) groups is 2. The number of nitrogens with one attached hydrogen (secondary N) is 2. The zero-order valence-electron chi connectivity index (χ0n) is 12.3. The Hall–Kier alpha value is -1.10. The fraction of sp³-hybridized carbons (Fsp3) is 0.857. The van der Waals surface area contributed by atoms with Crippen molar-refractivity contribution in [2.45, 2.75) is 51.9 Å². The lowest BCUT2D eigenvalue weighted by Gasteiger charge is -2.05. The summed E-state index contributed by atoms with van der Waals surface area (Å²) in [6, 6.07) is -0.112. The highest BCUT2D eigenvalue weighted by Gasteiger charge is 1.98. The summed E-state index contributed by atoms with van der Waals surface area (Å²) in [4.78, 5) is 21.8. The van der Waals surface area contributed by atoms with Crippen LogP contribution in [0.25, 0.3) is 0 Å². The van der Waals surface area contributed by atoms with Crippen LogP contribution in [0, 0.1) is 0 Å². The average Bonchev–Trinajstić information content (AvgIpc) is 2.43. The summed E-state index contributed by atoms with van der Waals surface area (Å²) in [7, 11) is 1.62. The summed E-state index contributed by atoms with van der Waals surface area (Å²) in [5, 5.41) is 5.29. The van der Waals surface area contributed by atoms with Crippen LogP contribution in [0.4, 0.5) is 4.79 Å². The summed E-state index contributed by atoms with van der Waals surface area (Å²) >= 11 is 0. The molecule has 0 saturated carbocycles. The van der Waals surface area contributed by atoms with E-state index in [0.717, 1.165) is 32.2 Å². The van der Waals surface area contributed by atoms with E-state index in [4.69, 9.17) is 4.74 Å². The van der Waals surface area contributed by atoms with E-state index in [1.165, 1.54) is 12.8 Å². The first kappa shape index (κ1) is 17.9. The van der Waals surface area contributed by atoms with Crippen LogP contribution in [-0.4, -0.2) is 38.6 Å². The number of ether oxygens (including phenoxy) is 1. The fourth-order valence-corrected chi connectivity index (χ4v) is 1.61. The van der Waals surface area contributed by atoms with Crippen LogP contribution in [0.1, 0.15) is 51.9 Å². The van der Waals surface area contributed by atoms with Crippen LogP contribution >= 0.6 is 0 Å². The molecule has 0 atom stereocenters. The van der Waals surface area contributed by atoms with E-state index in [2.05, 4.69) is 10.6 Å². The molecule has 5 nitrogen and oxygen atoms in total.